The van der Waals surface area contributed by atoms with E-state index in [4.69, 9.17) is 5.26 Å². The van der Waals surface area contributed by atoms with Crippen molar-refractivity contribution in [2.45, 2.75) is 39.0 Å². The summed E-state index contributed by atoms with van der Waals surface area (Å²) in [6.45, 7) is 3.40. The third kappa shape index (κ3) is 4.90. The quantitative estimate of drug-likeness (QED) is 0.754. The Morgan fingerprint density at radius 3 is 2.89 bits per heavy atom. The van der Waals surface area contributed by atoms with E-state index in [2.05, 4.69) is 6.92 Å². The number of carbonyl (C=O) groups is 2. The summed E-state index contributed by atoms with van der Waals surface area (Å²) in [4.78, 5) is 27.1. The maximum absolute atomic E-state index is 12.0. The number of amides is 2. The normalized spacial score (nSPS) is 19.7. The van der Waals surface area contributed by atoms with E-state index in [1.807, 2.05) is 6.07 Å². The van der Waals surface area contributed by atoms with Gasteiger partial charge in [-0.15, -0.1) is 0 Å². The highest BCUT2D eigenvalue weighted by molar-refractivity contribution is 5.84. The first-order chi connectivity index (χ1) is 9.08. The molecule has 0 aliphatic carbocycles. The molecule has 1 heterocycles. The van der Waals surface area contributed by atoms with Crippen molar-refractivity contribution in [3.8, 4) is 6.07 Å². The molecule has 1 unspecified atom stereocenters. The highest BCUT2D eigenvalue weighted by Crippen LogP contribution is 2.20. The summed E-state index contributed by atoms with van der Waals surface area (Å²) in [5.74, 6) is 0.594. The third-order valence-electron chi connectivity index (χ3n) is 3.81. The van der Waals surface area contributed by atoms with Gasteiger partial charge in [0.15, 0.2) is 0 Å². The predicted molar refractivity (Wildman–Crippen MR) is 72.1 cm³/mol. The van der Waals surface area contributed by atoms with E-state index in [0.29, 0.717) is 31.8 Å². The number of hydrogen-bond acceptors (Lipinski definition) is 3. The zero-order valence-electron chi connectivity index (χ0n) is 11.9. The predicted octanol–water partition coefficient (Wildman–Crippen LogP) is 1.40. The molecule has 0 aromatic heterocycles. The first-order valence-electron chi connectivity index (χ1n) is 6.97. The summed E-state index contributed by atoms with van der Waals surface area (Å²) >= 11 is 0. The second-order valence-corrected chi connectivity index (χ2v) is 5.14. The Balaban J connectivity index is 2.48. The fourth-order valence-corrected chi connectivity index (χ4v) is 2.30. The lowest BCUT2D eigenvalue weighted by Crippen LogP contribution is -2.41. The van der Waals surface area contributed by atoms with Crippen LogP contribution >= 0.6 is 0 Å². The van der Waals surface area contributed by atoms with Crippen LogP contribution in [0.15, 0.2) is 0 Å². The van der Waals surface area contributed by atoms with Crippen molar-refractivity contribution in [1.82, 2.24) is 9.80 Å². The molecule has 5 heteroatoms. The standard InChI is InChI=1S/C14H23N3O2/c1-3-12-5-6-13(18)17(10-7-12)11-14(19)16(2)9-4-8-15/h12H,3-7,9-11H2,1-2H3. The van der Waals surface area contributed by atoms with E-state index in [-0.39, 0.29) is 18.4 Å². The number of carbonyl (C=O) groups excluding carboxylic acids is 2. The molecule has 19 heavy (non-hydrogen) atoms. The minimum atomic E-state index is -0.0847. The molecule has 0 spiro atoms. The van der Waals surface area contributed by atoms with Gasteiger partial charge in [-0.2, -0.15) is 5.26 Å². The molecule has 0 N–H and O–H groups in total. The number of likely N-dealkylation sites (N-methyl/N-ethyl adjacent to an activating group) is 1. The topological polar surface area (TPSA) is 64.4 Å². The van der Waals surface area contributed by atoms with Gasteiger partial charge in [-0.05, 0) is 18.8 Å². The molecule has 106 valence electrons. The largest absolute Gasteiger partial charge is 0.343 e. The maximum atomic E-state index is 12.0. The van der Waals surface area contributed by atoms with Crippen molar-refractivity contribution in [2.24, 2.45) is 5.92 Å². The molecule has 1 fully saturated rings. The van der Waals surface area contributed by atoms with Gasteiger partial charge in [0, 0.05) is 26.6 Å². The van der Waals surface area contributed by atoms with Crippen molar-refractivity contribution in [2.75, 3.05) is 26.7 Å². The van der Waals surface area contributed by atoms with Crippen LogP contribution in [0.1, 0.15) is 39.0 Å². The highest BCUT2D eigenvalue weighted by atomic mass is 16.2. The van der Waals surface area contributed by atoms with Crippen molar-refractivity contribution >= 4 is 11.8 Å². The number of rotatable bonds is 5. The van der Waals surface area contributed by atoms with Crippen LogP contribution in [-0.4, -0.2) is 48.3 Å². The lowest BCUT2D eigenvalue weighted by atomic mass is 9.98. The third-order valence-corrected chi connectivity index (χ3v) is 3.81. The van der Waals surface area contributed by atoms with Crippen molar-refractivity contribution < 1.29 is 9.59 Å². The Morgan fingerprint density at radius 2 is 2.26 bits per heavy atom. The fraction of sp³-hybridized carbons (Fsp3) is 0.786. The smallest absolute Gasteiger partial charge is 0.241 e. The number of nitriles is 1. The summed E-state index contributed by atoms with van der Waals surface area (Å²) in [6.07, 6.45) is 3.89. The molecule has 2 amide bonds. The molecule has 5 nitrogen and oxygen atoms in total. The first kappa shape index (κ1) is 15.5. The molecule has 0 bridgehead atoms. The Bertz CT molecular complexity index is 362. The average Bonchev–Trinajstić information content (AvgIpc) is 2.59. The lowest BCUT2D eigenvalue weighted by Gasteiger charge is -2.23. The van der Waals surface area contributed by atoms with Gasteiger partial charge in [-0.3, -0.25) is 9.59 Å². The number of nitrogens with zero attached hydrogens (tertiary/aromatic N) is 3. The molecule has 1 rings (SSSR count). The summed E-state index contributed by atoms with van der Waals surface area (Å²) in [5, 5.41) is 8.50. The molecule has 0 aromatic carbocycles. The fourth-order valence-electron chi connectivity index (χ4n) is 2.30. The Hall–Kier alpha value is -1.57. The van der Waals surface area contributed by atoms with Crippen LogP contribution in [0.4, 0.5) is 0 Å². The van der Waals surface area contributed by atoms with E-state index in [1.54, 1.807) is 11.9 Å². The second kappa shape index (κ2) is 7.78. The molecule has 1 aliphatic heterocycles. The van der Waals surface area contributed by atoms with Gasteiger partial charge < -0.3 is 9.80 Å². The van der Waals surface area contributed by atoms with E-state index in [0.717, 1.165) is 19.3 Å². The van der Waals surface area contributed by atoms with Gasteiger partial charge in [0.25, 0.3) is 0 Å². The van der Waals surface area contributed by atoms with Crippen molar-refractivity contribution in [3.05, 3.63) is 0 Å². The van der Waals surface area contributed by atoms with Gasteiger partial charge in [-0.1, -0.05) is 13.3 Å². The molecule has 1 aliphatic rings. The average molecular weight is 265 g/mol. The summed E-state index contributed by atoms with van der Waals surface area (Å²) in [7, 11) is 1.68. The minimum Gasteiger partial charge on any atom is -0.343 e. The molecule has 1 atom stereocenters. The van der Waals surface area contributed by atoms with Crippen LogP contribution in [0.3, 0.4) is 0 Å². The number of likely N-dealkylation sites (tertiary alicyclic amines) is 1. The molecule has 1 saturated heterocycles. The van der Waals surface area contributed by atoms with E-state index in [9.17, 15) is 9.59 Å². The van der Waals surface area contributed by atoms with E-state index >= 15 is 0 Å². The van der Waals surface area contributed by atoms with Crippen LogP contribution in [0, 0.1) is 17.2 Å². The van der Waals surface area contributed by atoms with Gasteiger partial charge >= 0.3 is 0 Å². The Kier molecular flexibility index (Phi) is 6.34. The van der Waals surface area contributed by atoms with Gasteiger partial charge in [0.2, 0.25) is 11.8 Å². The van der Waals surface area contributed by atoms with Crippen LogP contribution in [0.5, 0.6) is 0 Å². The van der Waals surface area contributed by atoms with Gasteiger partial charge in [0.1, 0.15) is 0 Å². The molecular weight excluding hydrogens is 242 g/mol. The highest BCUT2D eigenvalue weighted by Gasteiger charge is 2.24. The Morgan fingerprint density at radius 1 is 1.53 bits per heavy atom. The zero-order chi connectivity index (χ0) is 14.3. The maximum Gasteiger partial charge on any atom is 0.241 e. The monoisotopic (exact) mass is 265 g/mol. The summed E-state index contributed by atoms with van der Waals surface area (Å²) in [6, 6.07) is 2.01. The van der Waals surface area contributed by atoms with Crippen LogP contribution in [0.25, 0.3) is 0 Å². The second-order valence-electron chi connectivity index (χ2n) is 5.14. The van der Waals surface area contributed by atoms with Crippen LogP contribution < -0.4 is 0 Å². The zero-order valence-corrected chi connectivity index (χ0v) is 11.9. The lowest BCUT2D eigenvalue weighted by molar-refractivity contribution is -0.139. The minimum absolute atomic E-state index is 0.0815. The van der Waals surface area contributed by atoms with E-state index in [1.165, 1.54) is 4.90 Å². The molecule has 0 saturated carbocycles. The van der Waals surface area contributed by atoms with Crippen molar-refractivity contribution in [1.29, 1.82) is 5.26 Å². The number of hydrogen-bond donors (Lipinski definition) is 0. The molecular formula is C14H23N3O2. The SMILES string of the molecule is CCC1CCC(=O)N(CC(=O)N(C)CCC#N)CC1. The van der Waals surface area contributed by atoms with Crippen LogP contribution in [-0.2, 0) is 9.59 Å². The first-order valence-corrected chi connectivity index (χ1v) is 6.97. The van der Waals surface area contributed by atoms with Crippen LogP contribution in [0.2, 0.25) is 0 Å². The molecule has 0 radical (unpaired) electrons. The van der Waals surface area contributed by atoms with E-state index < -0.39 is 0 Å². The molecule has 0 aromatic rings. The summed E-state index contributed by atoms with van der Waals surface area (Å²) in [5.41, 5.74) is 0. The Labute approximate surface area is 115 Å². The van der Waals surface area contributed by atoms with Gasteiger partial charge in [0.05, 0.1) is 19.0 Å². The van der Waals surface area contributed by atoms with Gasteiger partial charge in [-0.25, -0.2) is 0 Å². The van der Waals surface area contributed by atoms with Crippen molar-refractivity contribution in [3.63, 3.8) is 0 Å². The summed E-state index contributed by atoms with van der Waals surface area (Å²) < 4.78 is 0.